The van der Waals surface area contributed by atoms with Crippen LogP contribution >= 0.6 is 0 Å². The van der Waals surface area contributed by atoms with Crippen LogP contribution in [0.15, 0.2) is 60.7 Å². The van der Waals surface area contributed by atoms with E-state index in [1.165, 1.54) is 0 Å². The fourth-order valence-electron chi connectivity index (χ4n) is 6.27. The fourth-order valence-corrected chi connectivity index (χ4v) is 6.27. The van der Waals surface area contributed by atoms with Crippen LogP contribution < -0.4 is 5.73 Å². The van der Waals surface area contributed by atoms with Gasteiger partial charge in [0.05, 0.1) is 25.4 Å². The van der Waals surface area contributed by atoms with Gasteiger partial charge in [-0.2, -0.15) is 0 Å². The van der Waals surface area contributed by atoms with E-state index in [9.17, 15) is 30.6 Å². The molecule has 1 aliphatic carbocycles. The summed E-state index contributed by atoms with van der Waals surface area (Å²) in [5.74, 6) is 0. The van der Waals surface area contributed by atoms with Gasteiger partial charge in [-0.1, -0.05) is 60.7 Å². The number of nitrogens with zero attached hydrogens (tertiary/aromatic N) is 1. The largest absolute Gasteiger partial charge is 0.389 e. The zero-order valence-corrected chi connectivity index (χ0v) is 24.7. The monoisotopic (exact) mass is 618 g/mol. The Morgan fingerprint density at radius 3 is 1.48 bits per heavy atom. The average Bonchev–Trinajstić information content (AvgIpc) is 3.05. The number of aliphatic hydroxyl groups is 6. The third-order valence-electron chi connectivity index (χ3n) is 8.86. The molecule has 2 aromatic carbocycles. The Morgan fingerprint density at radius 1 is 0.659 bits per heavy atom. The quantitative estimate of drug-likeness (QED) is 0.178. The van der Waals surface area contributed by atoms with Gasteiger partial charge in [-0.15, -0.1) is 0 Å². The second kappa shape index (κ2) is 15.5. The van der Waals surface area contributed by atoms with Crippen LogP contribution in [0.2, 0.25) is 0 Å². The minimum Gasteiger partial charge on any atom is -0.389 e. The molecule has 8 N–H and O–H groups in total. The Morgan fingerprint density at radius 2 is 1.07 bits per heavy atom. The first-order valence-corrected chi connectivity index (χ1v) is 15.4. The number of rotatable bonds is 11. The maximum absolute atomic E-state index is 11.2. The van der Waals surface area contributed by atoms with Crippen LogP contribution in [0.3, 0.4) is 0 Å². The Kier molecular flexibility index (Phi) is 11.7. The van der Waals surface area contributed by atoms with Gasteiger partial charge >= 0.3 is 0 Å². The second-order valence-corrected chi connectivity index (χ2v) is 12.1. The van der Waals surface area contributed by atoms with Crippen LogP contribution in [0.25, 0.3) is 0 Å². The van der Waals surface area contributed by atoms with Gasteiger partial charge in [0.1, 0.15) is 36.6 Å². The normalized spacial score (nSPS) is 34.3. The lowest BCUT2D eigenvalue weighted by Gasteiger charge is -2.43. The van der Waals surface area contributed by atoms with E-state index in [2.05, 4.69) is 0 Å². The molecule has 44 heavy (non-hydrogen) atoms. The lowest BCUT2D eigenvalue weighted by atomic mass is 9.89. The van der Waals surface area contributed by atoms with Crippen molar-refractivity contribution in [1.82, 2.24) is 4.90 Å². The third-order valence-corrected chi connectivity index (χ3v) is 8.86. The summed E-state index contributed by atoms with van der Waals surface area (Å²) in [5.41, 5.74) is 7.57. The van der Waals surface area contributed by atoms with Crippen LogP contribution in [0.5, 0.6) is 0 Å². The molecule has 0 spiro atoms. The van der Waals surface area contributed by atoms with Crippen molar-refractivity contribution in [2.75, 3.05) is 26.3 Å². The summed E-state index contributed by atoms with van der Waals surface area (Å²) >= 11 is 0. The Labute approximate surface area is 257 Å². The number of ether oxygens (including phenoxy) is 4. The first-order valence-electron chi connectivity index (χ1n) is 15.4. The molecule has 0 bridgehead atoms. The highest BCUT2D eigenvalue weighted by molar-refractivity contribution is 5.17. The molecular formula is C32H46N2O10. The van der Waals surface area contributed by atoms with Crippen molar-refractivity contribution < 1.29 is 49.6 Å². The van der Waals surface area contributed by atoms with Gasteiger partial charge in [-0.05, 0) is 25.7 Å². The summed E-state index contributed by atoms with van der Waals surface area (Å²) in [5, 5.41) is 66.0. The molecular weight excluding hydrogens is 572 g/mol. The van der Waals surface area contributed by atoms with Gasteiger partial charge < -0.3 is 55.3 Å². The molecule has 1 saturated carbocycles. The van der Waals surface area contributed by atoms with Crippen molar-refractivity contribution in [1.29, 1.82) is 0 Å². The summed E-state index contributed by atoms with van der Waals surface area (Å²) in [6.45, 7) is -0.308. The number of nitrogens with two attached hydrogens (primary N) is 1. The van der Waals surface area contributed by atoms with Crippen molar-refractivity contribution in [3.05, 3.63) is 71.8 Å². The highest BCUT2D eigenvalue weighted by atomic mass is 16.7. The van der Waals surface area contributed by atoms with E-state index in [0.29, 0.717) is 12.8 Å². The van der Waals surface area contributed by atoms with Crippen LogP contribution in [0.4, 0.5) is 0 Å². The molecule has 12 nitrogen and oxygen atoms in total. The predicted molar refractivity (Wildman–Crippen MR) is 158 cm³/mol. The summed E-state index contributed by atoms with van der Waals surface area (Å²) in [6.07, 6.45) is -8.98. The Balaban J connectivity index is 1.25. The van der Waals surface area contributed by atoms with Crippen molar-refractivity contribution >= 4 is 0 Å². The second-order valence-electron chi connectivity index (χ2n) is 12.1. The molecule has 5 rings (SSSR count). The maximum atomic E-state index is 11.2. The zero-order valence-electron chi connectivity index (χ0n) is 24.7. The van der Waals surface area contributed by atoms with Gasteiger partial charge in [0.25, 0.3) is 0 Å². The lowest BCUT2D eigenvalue weighted by molar-refractivity contribution is -0.285. The standard InChI is InChI=1S/C32H46N2O10/c33-21-11-13-22(14-12-21)34(15-23(35)27(39)29-25(37)17-41-31(43-29)19-7-3-1-4-8-19)16-24(36)28(40)30-26(38)18-42-32(44-30)20-9-5-2-6-10-20/h1-10,21-32,35-40H,11-18,33H2/t21?,22?,23-,24-,25+,26+,27+,28+,29+,30+,31?,32?/m0/s1. The highest BCUT2D eigenvalue weighted by Gasteiger charge is 2.43. The molecule has 2 aromatic rings. The summed E-state index contributed by atoms with van der Waals surface area (Å²) in [6, 6.07) is 18.2. The smallest absolute Gasteiger partial charge is 0.184 e. The van der Waals surface area contributed by atoms with E-state index in [4.69, 9.17) is 24.7 Å². The van der Waals surface area contributed by atoms with E-state index in [0.717, 1.165) is 24.0 Å². The van der Waals surface area contributed by atoms with Crippen LogP contribution in [0.1, 0.15) is 49.4 Å². The third kappa shape index (κ3) is 8.21. The fraction of sp³-hybridized carbons (Fsp3) is 0.625. The van der Waals surface area contributed by atoms with Gasteiger partial charge in [0, 0.05) is 36.3 Å². The molecule has 3 fully saturated rings. The van der Waals surface area contributed by atoms with Crippen LogP contribution in [-0.4, -0.2) is 123 Å². The number of hydrogen-bond acceptors (Lipinski definition) is 12. The van der Waals surface area contributed by atoms with E-state index < -0.39 is 61.4 Å². The predicted octanol–water partition coefficient (Wildman–Crippen LogP) is -0.0479. The molecule has 10 atom stereocenters. The SMILES string of the molecule is NC1CCC(N(C[C@H](O)[C@@H](O)[C@@H]2OC(c3ccccc3)OC[C@H]2O)C[C@H](O)[C@@H](O)[C@@H]2OC(c3ccccc3)OC[C@H]2O)CC1. The zero-order chi connectivity index (χ0) is 31.2. The van der Waals surface area contributed by atoms with Crippen molar-refractivity contribution in [2.45, 2.75) is 99.2 Å². The minimum absolute atomic E-state index is 0.0561. The van der Waals surface area contributed by atoms with Gasteiger partial charge in [0.2, 0.25) is 0 Å². The molecule has 0 radical (unpaired) electrons. The topological polar surface area (TPSA) is 188 Å². The van der Waals surface area contributed by atoms with Gasteiger partial charge in [-0.3, -0.25) is 4.90 Å². The summed E-state index contributed by atoms with van der Waals surface area (Å²) in [7, 11) is 0. The summed E-state index contributed by atoms with van der Waals surface area (Å²) < 4.78 is 23.0. The molecule has 2 saturated heterocycles. The molecule has 244 valence electrons. The van der Waals surface area contributed by atoms with E-state index >= 15 is 0 Å². The maximum Gasteiger partial charge on any atom is 0.184 e. The molecule has 2 unspecified atom stereocenters. The highest BCUT2D eigenvalue weighted by Crippen LogP contribution is 2.31. The molecule has 0 aromatic heterocycles. The molecule has 12 heteroatoms. The molecule has 2 aliphatic heterocycles. The minimum atomic E-state index is -1.47. The molecule has 2 heterocycles. The van der Waals surface area contributed by atoms with E-state index in [1.807, 2.05) is 65.6 Å². The number of aliphatic hydroxyl groups excluding tert-OH is 6. The first kappa shape index (κ1) is 33.3. The van der Waals surface area contributed by atoms with Crippen LogP contribution in [-0.2, 0) is 18.9 Å². The van der Waals surface area contributed by atoms with Crippen molar-refractivity contribution in [3.8, 4) is 0 Å². The van der Waals surface area contributed by atoms with Gasteiger partial charge in [0.15, 0.2) is 12.6 Å². The molecule has 0 amide bonds. The van der Waals surface area contributed by atoms with E-state index in [-0.39, 0.29) is 38.4 Å². The average molecular weight is 619 g/mol. The number of benzene rings is 2. The summed E-state index contributed by atoms with van der Waals surface area (Å²) in [4.78, 5) is 1.83. The van der Waals surface area contributed by atoms with Crippen molar-refractivity contribution in [3.63, 3.8) is 0 Å². The van der Waals surface area contributed by atoms with E-state index in [1.54, 1.807) is 0 Å². The Hall–Kier alpha value is -2.04. The molecule has 3 aliphatic rings. The number of hydrogen-bond donors (Lipinski definition) is 7. The van der Waals surface area contributed by atoms with Gasteiger partial charge in [-0.25, -0.2) is 0 Å². The van der Waals surface area contributed by atoms with Crippen LogP contribution in [0, 0.1) is 0 Å². The lowest BCUT2D eigenvalue weighted by Crippen LogP contribution is -2.58. The Bertz CT molecular complexity index is 1050. The van der Waals surface area contributed by atoms with Crippen molar-refractivity contribution in [2.24, 2.45) is 5.73 Å². The first-order chi connectivity index (χ1) is 21.2.